The van der Waals surface area contributed by atoms with Gasteiger partial charge in [0.15, 0.2) is 0 Å². The summed E-state index contributed by atoms with van der Waals surface area (Å²) in [7, 11) is 0.0519. The van der Waals surface area contributed by atoms with Crippen LogP contribution in [-0.2, 0) is 14.2 Å². The number of nitrogens with two attached hydrogens (primary N) is 2. The van der Waals surface area contributed by atoms with E-state index in [1.54, 1.807) is 0 Å². The van der Waals surface area contributed by atoms with E-state index in [1.165, 1.54) is 166 Å². The van der Waals surface area contributed by atoms with Gasteiger partial charge in [0.1, 0.15) is 0 Å². The Labute approximate surface area is 317 Å². The van der Waals surface area contributed by atoms with Crippen molar-refractivity contribution in [3.8, 4) is 0 Å². The first-order valence-electron chi connectivity index (χ1n) is 21.9. The lowest BCUT2D eigenvalue weighted by Gasteiger charge is -2.39. The standard InChI is InChI=1S/C44H91O3P.H4N2/c1-11-15-16-17-24-29-34-41(44(45-12-2,46-13-3)47-14-4)35-40-48(38-32-27-22-18-20-25-30-36-42(5,6)7)39-33-28-23-19-21-26-31-37-43(8,9)10;1-2/h41H,11-40H2,1-10H3;1-2H2. The van der Waals surface area contributed by atoms with Crippen molar-refractivity contribution in [3.63, 3.8) is 0 Å². The molecule has 0 aromatic carbocycles. The fraction of sp³-hybridized carbons (Fsp3) is 1.00. The minimum atomic E-state index is -0.872. The lowest BCUT2D eigenvalue weighted by Crippen LogP contribution is -2.47. The molecule has 0 aliphatic rings. The van der Waals surface area contributed by atoms with E-state index in [4.69, 9.17) is 14.2 Å². The maximum absolute atomic E-state index is 6.41. The Hall–Kier alpha value is 0.230. The summed E-state index contributed by atoms with van der Waals surface area (Å²) in [5.74, 6) is 7.44. The van der Waals surface area contributed by atoms with Gasteiger partial charge in [-0.2, -0.15) is 0 Å². The Balaban J connectivity index is 0. The van der Waals surface area contributed by atoms with Crippen LogP contribution in [0.1, 0.15) is 223 Å². The van der Waals surface area contributed by atoms with Gasteiger partial charge in [-0.15, -0.1) is 7.92 Å². The summed E-state index contributed by atoms with van der Waals surface area (Å²) in [5, 5.41) is 0. The van der Waals surface area contributed by atoms with Crippen LogP contribution in [0.5, 0.6) is 0 Å². The molecule has 0 aromatic heterocycles. The minimum absolute atomic E-state index is 0.0519. The Morgan fingerprint density at radius 3 is 1.12 bits per heavy atom. The van der Waals surface area contributed by atoms with Gasteiger partial charge < -0.3 is 14.2 Å². The highest BCUT2D eigenvalue weighted by Crippen LogP contribution is 2.43. The van der Waals surface area contributed by atoms with E-state index in [-0.39, 0.29) is 7.92 Å². The molecule has 50 heavy (non-hydrogen) atoms. The fourth-order valence-electron chi connectivity index (χ4n) is 7.17. The van der Waals surface area contributed by atoms with Crippen molar-refractivity contribution in [2.45, 2.75) is 229 Å². The molecule has 0 amide bonds. The van der Waals surface area contributed by atoms with Crippen LogP contribution in [0.2, 0.25) is 0 Å². The summed E-state index contributed by atoms with van der Waals surface area (Å²) in [6.45, 7) is 24.7. The van der Waals surface area contributed by atoms with Crippen LogP contribution in [0.4, 0.5) is 0 Å². The maximum atomic E-state index is 6.41. The average molecular weight is 731 g/mol. The number of hydrazine groups is 1. The zero-order valence-corrected chi connectivity index (χ0v) is 37.0. The summed E-state index contributed by atoms with van der Waals surface area (Å²) < 4.78 is 19.2. The van der Waals surface area contributed by atoms with Crippen molar-refractivity contribution in [3.05, 3.63) is 0 Å². The van der Waals surface area contributed by atoms with E-state index in [1.807, 2.05) is 0 Å². The molecule has 0 saturated carbocycles. The number of ether oxygens (including phenoxy) is 3. The summed E-state index contributed by atoms with van der Waals surface area (Å²) in [4.78, 5) is 0. The zero-order chi connectivity index (χ0) is 38.0. The molecule has 0 radical (unpaired) electrons. The number of hydrogen-bond acceptors (Lipinski definition) is 5. The van der Waals surface area contributed by atoms with Gasteiger partial charge in [0.25, 0.3) is 5.97 Å². The van der Waals surface area contributed by atoms with Gasteiger partial charge in [0.2, 0.25) is 0 Å². The molecule has 6 heteroatoms. The van der Waals surface area contributed by atoms with Crippen molar-refractivity contribution in [1.29, 1.82) is 0 Å². The van der Waals surface area contributed by atoms with E-state index in [2.05, 4.69) is 80.9 Å². The van der Waals surface area contributed by atoms with Crippen molar-refractivity contribution in [2.24, 2.45) is 28.4 Å². The van der Waals surface area contributed by atoms with E-state index in [9.17, 15) is 0 Å². The van der Waals surface area contributed by atoms with Crippen LogP contribution in [0, 0.1) is 16.7 Å². The third-order valence-electron chi connectivity index (χ3n) is 10.0. The molecule has 0 heterocycles. The van der Waals surface area contributed by atoms with Crippen molar-refractivity contribution >= 4 is 7.92 Å². The van der Waals surface area contributed by atoms with Gasteiger partial charge in [0, 0.05) is 25.7 Å². The molecular weight excluding hydrogens is 635 g/mol. The summed E-state index contributed by atoms with van der Waals surface area (Å²) in [6.07, 6.45) is 37.2. The van der Waals surface area contributed by atoms with Gasteiger partial charge in [-0.25, -0.2) is 0 Å². The Morgan fingerprint density at radius 1 is 0.420 bits per heavy atom. The van der Waals surface area contributed by atoms with Crippen molar-refractivity contribution < 1.29 is 14.2 Å². The lowest BCUT2D eigenvalue weighted by atomic mass is 9.89. The second-order valence-corrected chi connectivity index (χ2v) is 20.0. The maximum Gasteiger partial charge on any atom is 0.285 e. The van der Waals surface area contributed by atoms with Gasteiger partial charge in [0.05, 0.1) is 0 Å². The first-order valence-corrected chi connectivity index (χ1v) is 23.8. The molecule has 1 atom stereocenters. The topological polar surface area (TPSA) is 79.7 Å². The molecule has 0 bridgehead atoms. The summed E-state index contributed by atoms with van der Waals surface area (Å²) in [6, 6.07) is 0. The Morgan fingerprint density at radius 2 is 0.760 bits per heavy atom. The van der Waals surface area contributed by atoms with Crippen LogP contribution < -0.4 is 11.7 Å². The molecule has 0 aliphatic heterocycles. The van der Waals surface area contributed by atoms with Crippen LogP contribution >= 0.6 is 7.92 Å². The van der Waals surface area contributed by atoms with Crippen LogP contribution in [0.25, 0.3) is 0 Å². The normalized spacial score (nSPS) is 13.1. The Kier molecular flexibility index (Phi) is 36.6. The molecule has 4 N–H and O–H groups in total. The SMILES string of the molecule is CCCCCCCCC(CCP(CCCCCCCCCC(C)(C)C)CCCCCCCCCC(C)(C)C)C(OCC)(OCC)OCC.NN. The zero-order valence-electron chi connectivity index (χ0n) is 36.1. The van der Waals surface area contributed by atoms with E-state index in [0.717, 1.165) is 6.42 Å². The van der Waals surface area contributed by atoms with E-state index < -0.39 is 5.97 Å². The summed E-state index contributed by atoms with van der Waals surface area (Å²) >= 11 is 0. The van der Waals surface area contributed by atoms with Gasteiger partial charge in [-0.3, -0.25) is 11.7 Å². The molecule has 0 spiro atoms. The van der Waals surface area contributed by atoms with Crippen molar-refractivity contribution in [2.75, 3.05) is 38.3 Å². The number of unbranched alkanes of at least 4 members (excludes halogenated alkanes) is 17. The highest BCUT2D eigenvalue weighted by molar-refractivity contribution is 7.57. The first kappa shape index (κ1) is 52.3. The van der Waals surface area contributed by atoms with E-state index in [0.29, 0.717) is 36.6 Å². The average Bonchev–Trinajstić information content (AvgIpc) is 3.05. The van der Waals surface area contributed by atoms with Crippen LogP contribution in [0.15, 0.2) is 0 Å². The largest absolute Gasteiger partial charge is 0.328 e. The molecule has 5 nitrogen and oxygen atoms in total. The summed E-state index contributed by atoms with van der Waals surface area (Å²) in [5.41, 5.74) is 0.981. The Bertz CT molecular complexity index is 630. The highest BCUT2D eigenvalue weighted by Gasteiger charge is 2.41. The van der Waals surface area contributed by atoms with Gasteiger partial charge in [-0.1, -0.05) is 164 Å². The van der Waals surface area contributed by atoms with Crippen LogP contribution in [-0.4, -0.2) is 44.3 Å². The lowest BCUT2D eigenvalue weighted by molar-refractivity contribution is -0.402. The number of rotatable bonds is 35. The van der Waals surface area contributed by atoms with Gasteiger partial charge in [-0.05, 0) is 88.6 Å². The second-order valence-electron chi connectivity index (χ2n) is 17.4. The molecule has 0 fully saturated rings. The molecule has 0 saturated heterocycles. The molecule has 304 valence electrons. The molecule has 0 aromatic rings. The monoisotopic (exact) mass is 731 g/mol. The third kappa shape index (κ3) is 32.8. The molecule has 1 unspecified atom stereocenters. The quantitative estimate of drug-likeness (QED) is 0.0223. The predicted octanol–water partition coefficient (Wildman–Crippen LogP) is 14.1. The van der Waals surface area contributed by atoms with Crippen LogP contribution in [0.3, 0.4) is 0 Å². The first-order chi connectivity index (χ1) is 23.9. The second kappa shape index (κ2) is 35.0. The van der Waals surface area contributed by atoms with Gasteiger partial charge >= 0.3 is 0 Å². The molecule has 0 aliphatic carbocycles. The van der Waals surface area contributed by atoms with E-state index >= 15 is 0 Å². The third-order valence-corrected chi connectivity index (χ3v) is 12.8. The fourth-order valence-corrected chi connectivity index (χ4v) is 9.86. The predicted molar refractivity (Wildman–Crippen MR) is 226 cm³/mol. The molecule has 0 rings (SSSR count). The van der Waals surface area contributed by atoms with Crippen molar-refractivity contribution in [1.82, 2.24) is 0 Å². The number of hydrogen-bond donors (Lipinski definition) is 2. The minimum Gasteiger partial charge on any atom is -0.328 e. The highest BCUT2D eigenvalue weighted by atomic mass is 31.1. The molecular formula is C44H95N2O3P. The smallest absolute Gasteiger partial charge is 0.285 e.